The predicted molar refractivity (Wildman–Crippen MR) is 111 cm³/mol. The van der Waals surface area contributed by atoms with Gasteiger partial charge in [-0.3, -0.25) is 4.79 Å². The molecular formula is C19H12F20O4S2. The Morgan fingerprint density at radius 2 is 0.911 bits per heavy atom. The first-order valence-electron chi connectivity index (χ1n) is 10.4. The Morgan fingerprint density at radius 3 is 1.24 bits per heavy atom. The van der Waals surface area contributed by atoms with Gasteiger partial charge in [-0.15, -0.1) is 10.3 Å². The fourth-order valence-corrected chi connectivity index (χ4v) is 6.57. The molecule has 1 aromatic rings. The van der Waals surface area contributed by atoms with Crippen LogP contribution in [0.25, 0.3) is 0 Å². The summed E-state index contributed by atoms with van der Waals surface area (Å²) in [7, 11) is -12.2. The van der Waals surface area contributed by atoms with Crippen LogP contribution < -0.4 is 0 Å². The summed E-state index contributed by atoms with van der Waals surface area (Å²) in [5.74, 6) is -55.8. The Hall–Kier alpha value is -2.25. The van der Waals surface area contributed by atoms with Gasteiger partial charge in [0.1, 0.15) is 0 Å². The monoisotopic (exact) mass is 748 g/mol. The Kier molecular flexibility index (Phi) is 10.1. The minimum atomic E-state index is -9.03. The van der Waals surface area contributed by atoms with Gasteiger partial charge in [-0.25, -0.2) is 3.63 Å². The summed E-state index contributed by atoms with van der Waals surface area (Å²) >= 11 is 0. The zero-order valence-corrected chi connectivity index (χ0v) is 22.7. The molecule has 26 heteroatoms. The molecule has 0 radical (unpaired) electrons. The fourth-order valence-electron chi connectivity index (χ4n) is 2.86. The molecule has 0 fully saturated rings. The van der Waals surface area contributed by atoms with E-state index in [0.717, 1.165) is 0 Å². The lowest BCUT2D eigenvalue weighted by molar-refractivity contribution is -0.458. The molecule has 0 atom stereocenters. The molecule has 45 heavy (non-hydrogen) atoms. The molecule has 4 nitrogen and oxygen atoms in total. The van der Waals surface area contributed by atoms with Crippen molar-refractivity contribution in [1.29, 1.82) is 0 Å². The van der Waals surface area contributed by atoms with Crippen molar-refractivity contribution in [2.24, 2.45) is 0 Å². The largest absolute Gasteiger partial charge is 0.460 e. The first-order chi connectivity index (χ1) is 19.3. The molecule has 0 N–H and O–H groups in total. The second-order valence-electron chi connectivity index (χ2n) is 9.06. The van der Waals surface area contributed by atoms with Crippen LogP contribution >= 0.6 is 10.3 Å². The summed E-state index contributed by atoms with van der Waals surface area (Å²) in [5, 5.41) is -7.94. The second kappa shape index (κ2) is 11.2. The van der Waals surface area contributed by atoms with Gasteiger partial charge in [0.15, 0.2) is 5.78 Å². The van der Waals surface area contributed by atoms with Crippen LogP contribution in [0.1, 0.15) is 15.9 Å². The number of benzene rings is 1. The van der Waals surface area contributed by atoms with E-state index in [1.165, 1.54) is 0 Å². The van der Waals surface area contributed by atoms with Crippen LogP contribution in [0.5, 0.6) is 0 Å². The van der Waals surface area contributed by atoms with Crippen molar-refractivity contribution in [3.63, 3.8) is 0 Å². The van der Waals surface area contributed by atoms with Crippen LogP contribution in [-0.2, 0) is 19.9 Å². The number of ketones is 1. The fraction of sp³-hybridized carbons (Fsp3) is 0.632. The summed E-state index contributed by atoms with van der Waals surface area (Å²) in [4.78, 5) is 12.2. The summed E-state index contributed by atoms with van der Waals surface area (Å²) in [6, 6.07) is 1.35. The van der Waals surface area contributed by atoms with E-state index in [1.54, 1.807) is 0 Å². The number of halogens is 20. The first kappa shape index (κ1) is 40.8. The van der Waals surface area contributed by atoms with Gasteiger partial charge in [0, 0.05) is 5.56 Å². The highest BCUT2D eigenvalue weighted by molar-refractivity contribution is 8.32. The van der Waals surface area contributed by atoms with E-state index in [4.69, 9.17) is 0 Å². The maximum Gasteiger partial charge on any atom is 0.460 e. The maximum atomic E-state index is 14.2. The minimum absolute atomic E-state index is 0.258. The van der Waals surface area contributed by atoms with E-state index in [1.807, 2.05) is 0 Å². The van der Waals surface area contributed by atoms with E-state index < -0.39 is 96.2 Å². The van der Waals surface area contributed by atoms with Gasteiger partial charge < -0.3 is 0 Å². The smallest absolute Gasteiger partial charge is 0.293 e. The molecule has 0 unspecified atom stereocenters. The van der Waals surface area contributed by atoms with Gasteiger partial charge in [0.25, 0.3) is 0 Å². The third-order valence-corrected chi connectivity index (χ3v) is 9.33. The molecular weight excluding hydrogens is 736 g/mol. The number of alkyl halides is 20. The van der Waals surface area contributed by atoms with Crippen molar-refractivity contribution in [3.05, 3.63) is 35.4 Å². The molecule has 1 aromatic carbocycles. The van der Waals surface area contributed by atoms with E-state index >= 15 is 0 Å². The van der Waals surface area contributed by atoms with Crippen molar-refractivity contribution in [2.75, 3.05) is 18.3 Å². The molecule has 0 saturated heterocycles. The van der Waals surface area contributed by atoms with Gasteiger partial charge in [-0.2, -0.15) is 96.2 Å². The highest BCUT2D eigenvalue weighted by Crippen LogP contribution is 2.65. The lowest BCUT2D eigenvalue weighted by Gasteiger charge is -2.42. The Labute approximate surface area is 238 Å². The third kappa shape index (κ3) is 6.50. The van der Waals surface area contributed by atoms with E-state index in [-0.39, 0.29) is 24.6 Å². The molecule has 0 saturated carbocycles. The molecule has 0 aromatic heterocycles. The number of rotatable bonds is 12. The zero-order valence-electron chi connectivity index (χ0n) is 21.0. The van der Waals surface area contributed by atoms with Crippen LogP contribution in [-0.4, -0.2) is 79.4 Å². The number of carbonyl (C=O) groups excluding carboxylic acids is 1. The van der Waals surface area contributed by atoms with Gasteiger partial charge >= 0.3 is 63.3 Å². The summed E-state index contributed by atoms with van der Waals surface area (Å²) < 4.78 is 293. The molecule has 0 spiro atoms. The highest BCUT2D eigenvalue weighted by atomic mass is 32.3. The van der Waals surface area contributed by atoms with E-state index in [9.17, 15) is 101 Å². The van der Waals surface area contributed by atoms with Crippen molar-refractivity contribution in [3.8, 4) is 0 Å². The molecule has 0 heterocycles. The third-order valence-electron chi connectivity index (χ3n) is 5.29. The average Bonchev–Trinajstić information content (AvgIpc) is 2.80. The number of Topliss-reactive ketones (excluding diaryl/α,β-unsaturated/α-hetero) is 1. The van der Waals surface area contributed by atoms with Gasteiger partial charge in [-0.05, 0) is 24.6 Å². The Morgan fingerprint density at radius 1 is 0.578 bits per heavy atom. The topological polar surface area (TPSA) is 60.4 Å². The Bertz CT molecular complexity index is 1360. The van der Waals surface area contributed by atoms with Gasteiger partial charge in [0.2, 0.25) is 0 Å². The van der Waals surface area contributed by atoms with Crippen LogP contribution in [0, 0.1) is 0 Å². The van der Waals surface area contributed by atoms with Crippen molar-refractivity contribution in [2.45, 2.75) is 53.1 Å². The second-order valence-corrected chi connectivity index (χ2v) is 14.2. The lowest BCUT2D eigenvalue weighted by atomic mass is 9.91. The van der Waals surface area contributed by atoms with E-state index in [0.29, 0.717) is 12.1 Å². The molecule has 0 aliphatic heterocycles. The molecule has 0 amide bonds. The quantitative estimate of drug-likeness (QED) is 0.160. The first-order valence-corrected chi connectivity index (χ1v) is 14.3. The number of hydrogen-bond acceptors (Lipinski definition) is 4. The van der Waals surface area contributed by atoms with E-state index in [2.05, 4.69) is 3.63 Å². The molecule has 0 bridgehead atoms. The summed E-state index contributed by atoms with van der Waals surface area (Å²) in [5.41, 5.74) is -2.14. The normalized spacial score (nSPS) is 16.1. The highest BCUT2D eigenvalue weighted by Gasteiger charge is 2.96. The SMILES string of the molecule is CS(C)(CC(=O)c1ccc(C(F)(F)F)cc1)OS(=O)(=O)C(F)(F)C(F)(F)C(F)(F)C(F)(F)C(F)(F)C(F)(F)C(F)(F)C(F)(F)F. The number of carbonyl (C=O) groups is 1. The lowest BCUT2D eigenvalue weighted by Crippen LogP contribution is -2.75. The molecule has 0 aliphatic rings. The van der Waals surface area contributed by atoms with Crippen LogP contribution in [0.4, 0.5) is 87.8 Å². The van der Waals surface area contributed by atoms with Crippen LogP contribution in [0.15, 0.2) is 24.3 Å². The standard InChI is InChI=1S/C19H12F20O4S2/c1-44(2,7-10(40)8-3-5-9(6-4-8)11(20,21)22)43-45(41,42)19(38,39)17(33,34)15(29,30)13(25,26)12(23,24)14(27,28)16(31,32)18(35,36)37/h3-6H,7H2,1-2H3. The maximum absolute atomic E-state index is 14.2. The van der Waals surface area contributed by atoms with Crippen LogP contribution in [0.2, 0.25) is 0 Å². The molecule has 264 valence electrons. The summed E-state index contributed by atoms with van der Waals surface area (Å²) in [6.45, 7) is 0. The summed E-state index contributed by atoms with van der Waals surface area (Å²) in [6.07, 6.45) is -12.4. The van der Waals surface area contributed by atoms with Crippen molar-refractivity contribution in [1.82, 2.24) is 0 Å². The Balaban J connectivity index is 3.53. The average molecular weight is 748 g/mol. The van der Waals surface area contributed by atoms with Gasteiger partial charge in [-0.1, -0.05) is 12.1 Å². The van der Waals surface area contributed by atoms with Gasteiger partial charge in [0.05, 0.1) is 11.3 Å². The predicted octanol–water partition coefficient (Wildman–Crippen LogP) is 8.18. The van der Waals surface area contributed by atoms with Crippen molar-refractivity contribution >= 4 is 26.2 Å². The number of hydrogen-bond donors (Lipinski definition) is 0. The molecule has 0 aliphatic carbocycles. The molecule has 1 rings (SSSR count). The van der Waals surface area contributed by atoms with Crippen molar-refractivity contribution < 1.29 is 105 Å². The zero-order chi connectivity index (χ0) is 36.5. The minimum Gasteiger partial charge on any atom is -0.293 e. The van der Waals surface area contributed by atoms with Crippen LogP contribution in [0.3, 0.4) is 0 Å².